The van der Waals surface area contributed by atoms with E-state index < -0.39 is 0 Å². The SMILES string of the molecule is CCNC(=O)c1ccc(CN=C(NCC)N2CCC(N3CCOCC3)C2)cc1. The van der Waals surface area contributed by atoms with Crippen LogP contribution in [-0.2, 0) is 11.3 Å². The molecular weight excluding hydrogens is 354 g/mol. The molecular formula is C21H33N5O2. The van der Waals surface area contributed by atoms with Gasteiger partial charge in [-0.1, -0.05) is 12.1 Å². The summed E-state index contributed by atoms with van der Waals surface area (Å²) in [5.74, 6) is 0.947. The number of hydrogen-bond donors (Lipinski definition) is 2. The Labute approximate surface area is 168 Å². The van der Waals surface area contributed by atoms with Crippen LogP contribution < -0.4 is 10.6 Å². The molecule has 0 aliphatic carbocycles. The van der Waals surface area contributed by atoms with Crippen molar-refractivity contribution in [1.29, 1.82) is 0 Å². The molecule has 0 saturated carbocycles. The average molecular weight is 388 g/mol. The molecule has 28 heavy (non-hydrogen) atoms. The van der Waals surface area contributed by atoms with Crippen LogP contribution in [0.4, 0.5) is 0 Å². The summed E-state index contributed by atoms with van der Waals surface area (Å²) in [6, 6.07) is 8.29. The van der Waals surface area contributed by atoms with Crippen molar-refractivity contribution in [3.63, 3.8) is 0 Å². The van der Waals surface area contributed by atoms with Gasteiger partial charge in [0.05, 0.1) is 19.8 Å². The van der Waals surface area contributed by atoms with Crippen molar-refractivity contribution >= 4 is 11.9 Å². The highest BCUT2D eigenvalue weighted by atomic mass is 16.5. The third-order valence-corrected chi connectivity index (χ3v) is 5.32. The van der Waals surface area contributed by atoms with Gasteiger partial charge in [-0.3, -0.25) is 9.69 Å². The second-order valence-electron chi connectivity index (χ2n) is 7.26. The van der Waals surface area contributed by atoms with Gasteiger partial charge in [0.25, 0.3) is 5.91 Å². The highest BCUT2D eigenvalue weighted by molar-refractivity contribution is 5.94. The smallest absolute Gasteiger partial charge is 0.251 e. The lowest BCUT2D eigenvalue weighted by molar-refractivity contribution is 0.0195. The Hall–Kier alpha value is -2.12. The van der Waals surface area contributed by atoms with Crippen LogP contribution in [0.15, 0.2) is 29.3 Å². The molecule has 0 aromatic heterocycles. The molecule has 2 aliphatic rings. The van der Waals surface area contributed by atoms with Gasteiger partial charge in [-0.05, 0) is 38.0 Å². The summed E-state index contributed by atoms with van der Waals surface area (Å²) < 4.78 is 5.48. The molecule has 3 rings (SSSR count). The average Bonchev–Trinajstić information content (AvgIpc) is 3.22. The van der Waals surface area contributed by atoms with Crippen LogP contribution in [0.3, 0.4) is 0 Å². The third-order valence-electron chi connectivity index (χ3n) is 5.32. The monoisotopic (exact) mass is 387 g/mol. The van der Waals surface area contributed by atoms with Gasteiger partial charge in [0.15, 0.2) is 5.96 Å². The van der Waals surface area contributed by atoms with E-state index in [4.69, 9.17) is 9.73 Å². The zero-order chi connectivity index (χ0) is 19.8. The number of carbonyl (C=O) groups is 1. The topological polar surface area (TPSA) is 69.2 Å². The number of morpholine rings is 1. The second-order valence-corrected chi connectivity index (χ2v) is 7.26. The molecule has 2 N–H and O–H groups in total. The summed E-state index contributed by atoms with van der Waals surface area (Å²) in [6.07, 6.45) is 1.17. The molecule has 2 aliphatic heterocycles. The van der Waals surface area contributed by atoms with E-state index in [-0.39, 0.29) is 5.91 Å². The Bertz CT molecular complexity index is 655. The number of hydrogen-bond acceptors (Lipinski definition) is 4. The number of nitrogens with one attached hydrogen (secondary N) is 2. The third kappa shape index (κ3) is 5.45. The number of carbonyl (C=O) groups excluding carboxylic acids is 1. The number of benzene rings is 1. The molecule has 2 heterocycles. The predicted molar refractivity (Wildman–Crippen MR) is 112 cm³/mol. The van der Waals surface area contributed by atoms with Crippen molar-refractivity contribution in [2.45, 2.75) is 32.9 Å². The lowest BCUT2D eigenvalue weighted by Gasteiger charge is -2.32. The first-order valence-electron chi connectivity index (χ1n) is 10.4. The molecule has 1 atom stereocenters. The molecule has 2 fully saturated rings. The first kappa shape index (κ1) is 20.6. The predicted octanol–water partition coefficient (Wildman–Crippen LogP) is 1.31. The minimum atomic E-state index is -0.0305. The van der Waals surface area contributed by atoms with Crippen molar-refractivity contribution in [1.82, 2.24) is 20.4 Å². The number of amides is 1. The first-order valence-corrected chi connectivity index (χ1v) is 10.4. The van der Waals surface area contributed by atoms with Crippen LogP contribution in [0.1, 0.15) is 36.2 Å². The Kier molecular flexibility index (Phi) is 7.68. The lowest BCUT2D eigenvalue weighted by Crippen LogP contribution is -2.46. The number of guanidine groups is 1. The molecule has 2 saturated heterocycles. The molecule has 7 heteroatoms. The number of rotatable bonds is 6. The summed E-state index contributed by atoms with van der Waals surface area (Å²) in [5, 5.41) is 6.25. The van der Waals surface area contributed by atoms with Crippen LogP contribution in [0.2, 0.25) is 0 Å². The Morgan fingerprint density at radius 3 is 2.50 bits per heavy atom. The van der Waals surface area contributed by atoms with E-state index in [0.717, 1.165) is 57.5 Å². The van der Waals surface area contributed by atoms with Gasteiger partial charge in [-0.25, -0.2) is 4.99 Å². The Balaban J connectivity index is 1.59. The fraction of sp³-hybridized carbons (Fsp3) is 0.619. The normalized spacial score (nSPS) is 21.0. The summed E-state index contributed by atoms with van der Waals surface area (Å²) in [7, 11) is 0. The van der Waals surface area contributed by atoms with Gasteiger partial charge in [-0.2, -0.15) is 0 Å². The second kappa shape index (κ2) is 10.4. The molecule has 1 amide bonds. The van der Waals surface area contributed by atoms with Crippen molar-refractivity contribution < 1.29 is 9.53 Å². The molecule has 0 radical (unpaired) electrons. The highest BCUT2D eigenvalue weighted by Gasteiger charge is 2.30. The zero-order valence-corrected chi connectivity index (χ0v) is 17.1. The maximum Gasteiger partial charge on any atom is 0.251 e. The van der Waals surface area contributed by atoms with Gasteiger partial charge in [0.1, 0.15) is 0 Å². The van der Waals surface area contributed by atoms with E-state index in [0.29, 0.717) is 24.7 Å². The quantitative estimate of drug-likeness (QED) is 0.569. The van der Waals surface area contributed by atoms with Crippen molar-refractivity contribution in [2.75, 3.05) is 52.5 Å². The van der Waals surface area contributed by atoms with Crippen LogP contribution in [0, 0.1) is 0 Å². The number of likely N-dealkylation sites (tertiary alicyclic amines) is 1. The van der Waals surface area contributed by atoms with Gasteiger partial charge in [0.2, 0.25) is 0 Å². The maximum absolute atomic E-state index is 11.9. The van der Waals surface area contributed by atoms with Gasteiger partial charge >= 0.3 is 0 Å². The molecule has 1 unspecified atom stereocenters. The van der Waals surface area contributed by atoms with E-state index in [1.807, 2.05) is 31.2 Å². The van der Waals surface area contributed by atoms with E-state index in [9.17, 15) is 4.79 Å². The standard InChI is InChI=1S/C21H33N5O2/c1-3-22-20(27)18-7-5-17(6-8-18)15-24-21(23-4-2)26-10-9-19(16-26)25-11-13-28-14-12-25/h5-8,19H,3-4,9-16H2,1-2H3,(H,22,27)(H,23,24). The van der Waals surface area contributed by atoms with Crippen molar-refractivity contribution in [3.8, 4) is 0 Å². The summed E-state index contributed by atoms with van der Waals surface area (Å²) in [4.78, 5) is 21.6. The lowest BCUT2D eigenvalue weighted by atomic mass is 10.1. The fourth-order valence-corrected chi connectivity index (χ4v) is 3.79. The zero-order valence-electron chi connectivity index (χ0n) is 17.1. The molecule has 154 valence electrons. The van der Waals surface area contributed by atoms with Gasteiger partial charge < -0.3 is 20.3 Å². The number of nitrogens with zero attached hydrogens (tertiary/aromatic N) is 3. The molecule has 0 bridgehead atoms. The van der Waals surface area contributed by atoms with Gasteiger partial charge in [-0.15, -0.1) is 0 Å². The minimum absolute atomic E-state index is 0.0305. The maximum atomic E-state index is 11.9. The molecule has 0 spiro atoms. The van der Waals surface area contributed by atoms with Crippen LogP contribution in [0.5, 0.6) is 0 Å². The summed E-state index contributed by atoms with van der Waals surface area (Å²) in [5.41, 5.74) is 1.79. The molecule has 7 nitrogen and oxygen atoms in total. The minimum Gasteiger partial charge on any atom is -0.379 e. The summed E-state index contributed by atoms with van der Waals surface area (Å²) in [6.45, 7) is 11.9. The van der Waals surface area contributed by atoms with Crippen LogP contribution in [-0.4, -0.2) is 80.2 Å². The first-order chi connectivity index (χ1) is 13.7. The van der Waals surface area contributed by atoms with Crippen LogP contribution >= 0.6 is 0 Å². The number of ether oxygens (including phenoxy) is 1. The molecule has 1 aromatic rings. The highest BCUT2D eigenvalue weighted by Crippen LogP contribution is 2.17. The van der Waals surface area contributed by atoms with E-state index in [1.165, 1.54) is 6.42 Å². The Morgan fingerprint density at radius 2 is 1.82 bits per heavy atom. The van der Waals surface area contributed by atoms with Crippen molar-refractivity contribution in [3.05, 3.63) is 35.4 Å². The molecule has 1 aromatic carbocycles. The summed E-state index contributed by atoms with van der Waals surface area (Å²) >= 11 is 0. The number of aliphatic imine (C=N–C) groups is 1. The van der Waals surface area contributed by atoms with Crippen LogP contribution in [0.25, 0.3) is 0 Å². The van der Waals surface area contributed by atoms with Gasteiger partial charge in [0, 0.05) is 50.9 Å². The van der Waals surface area contributed by atoms with E-state index >= 15 is 0 Å². The largest absolute Gasteiger partial charge is 0.379 e. The Morgan fingerprint density at radius 1 is 1.11 bits per heavy atom. The van der Waals surface area contributed by atoms with E-state index in [1.54, 1.807) is 0 Å². The van der Waals surface area contributed by atoms with Crippen molar-refractivity contribution in [2.24, 2.45) is 4.99 Å². The fourth-order valence-electron chi connectivity index (χ4n) is 3.79. The van der Waals surface area contributed by atoms with E-state index in [2.05, 4.69) is 27.4 Å².